The second-order valence-electron chi connectivity index (χ2n) is 3.88. The molecule has 0 spiro atoms. The van der Waals surface area contributed by atoms with Crippen molar-refractivity contribution in [2.45, 2.75) is 6.92 Å². The molecule has 20 heavy (non-hydrogen) atoms. The fourth-order valence-corrected chi connectivity index (χ4v) is 2.00. The first-order chi connectivity index (χ1) is 9.51. The maximum absolute atomic E-state index is 11.0. The van der Waals surface area contributed by atoms with E-state index in [9.17, 15) is 4.79 Å². The largest absolute Gasteiger partial charge is 0.326 e. The van der Waals surface area contributed by atoms with Crippen LogP contribution in [0.25, 0.3) is 11.3 Å². The zero-order valence-corrected chi connectivity index (χ0v) is 11.8. The highest BCUT2D eigenvalue weighted by atomic mass is 35.5. The topological polar surface area (TPSA) is 78.7 Å². The van der Waals surface area contributed by atoms with Gasteiger partial charge in [0.05, 0.1) is 0 Å². The number of aromatic nitrogens is 2. The number of halogens is 2. The van der Waals surface area contributed by atoms with E-state index in [0.29, 0.717) is 16.9 Å². The molecule has 5 nitrogen and oxygen atoms in total. The van der Waals surface area contributed by atoms with Crippen LogP contribution in [-0.4, -0.2) is 15.9 Å². The Balaban J connectivity index is 2.49. The molecule has 2 rings (SSSR count). The molecule has 0 radical (unpaired) electrons. The highest BCUT2D eigenvalue weighted by molar-refractivity contribution is 6.33. The molecule has 100 valence electrons. The van der Waals surface area contributed by atoms with Crippen LogP contribution in [0.3, 0.4) is 0 Å². The highest BCUT2D eigenvalue weighted by Crippen LogP contribution is 2.28. The van der Waals surface area contributed by atoms with Crippen molar-refractivity contribution >= 4 is 34.8 Å². The van der Waals surface area contributed by atoms with Crippen LogP contribution in [0.1, 0.15) is 12.6 Å². The van der Waals surface area contributed by atoms with E-state index in [1.807, 2.05) is 0 Å². The average molecular weight is 307 g/mol. The van der Waals surface area contributed by atoms with Crippen molar-refractivity contribution in [3.05, 3.63) is 40.3 Å². The molecule has 0 aliphatic carbocycles. The predicted octanol–water partition coefficient (Wildman–Crippen LogP) is 3.28. The molecule has 0 unspecified atom stereocenters. The van der Waals surface area contributed by atoms with E-state index >= 15 is 0 Å². The molecule has 0 saturated heterocycles. The molecule has 0 atom stereocenters. The molecule has 0 bridgehead atoms. The molecule has 1 aromatic heterocycles. The minimum Gasteiger partial charge on any atom is -0.326 e. The second kappa shape index (κ2) is 5.87. The van der Waals surface area contributed by atoms with Gasteiger partial charge in [-0.1, -0.05) is 35.3 Å². The van der Waals surface area contributed by atoms with Crippen molar-refractivity contribution in [1.29, 1.82) is 5.26 Å². The summed E-state index contributed by atoms with van der Waals surface area (Å²) >= 11 is 11.9. The van der Waals surface area contributed by atoms with Gasteiger partial charge in [0.25, 0.3) is 0 Å². The lowest BCUT2D eigenvalue weighted by Gasteiger charge is -2.07. The van der Waals surface area contributed by atoms with Gasteiger partial charge in [-0.2, -0.15) is 5.26 Å². The molecule has 1 N–H and O–H groups in total. The van der Waals surface area contributed by atoms with E-state index in [1.54, 1.807) is 30.3 Å². The van der Waals surface area contributed by atoms with Crippen LogP contribution in [0.5, 0.6) is 0 Å². The fraction of sp³-hybridized carbons (Fsp3) is 0.0769. The maximum atomic E-state index is 11.0. The summed E-state index contributed by atoms with van der Waals surface area (Å²) in [4.78, 5) is 19.0. The Morgan fingerprint density at radius 2 is 2.05 bits per heavy atom. The first kappa shape index (κ1) is 14.3. The van der Waals surface area contributed by atoms with Gasteiger partial charge in [-0.25, -0.2) is 9.97 Å². The average Bonchev–Trinajstić information content (AvgIpc) is 2.40. The predicted molar refractivity (Wildman–Crippen MR) is 76.5 cm³/mol. The van der Waals surface area contributed by atoms with Gasteiger partial charge in [-0.3, -0.25) is 4.79 Å². The number of carbonyl (C=O) groups excluding carboxylic acids is 1. The number of hydrogen-bond donors (Lipinski definition) is 1. The van der Waals surface area contributed by atoms with Gasteiger partial charge in [0.1, 0.15) is 11.8 Å². The number of nitrogens with zero attached hydrogens (tertiary/aromatic N) is 3. The van der Waals surface area contributed by atoms with Crippen molar-refractivity contribution in [2.24, 2.45) is 0 Å². The lowest BCUT2D eigenvalue weighted by atomic mass is 10.1. The van der Waals surface area contributed by atoms with E-state index in [1.165, 1.54) is 6.92 Å². The van der Waals surface area contributed by atoms with Crippen molar-refractivity contribution < 1.29 is 4.79 Å². The van der Waals surface area contributed by atoms with E-state index in [-0.39, 0.29) is 21.9 Å². The second-order valence-corrected chi connectivity index (χ2v) is 4.59. The molecule has 0 fully saturated rings. The molecule has 2 aromatic rings. The third-order valence-corrected chi connectivity index (χ3v) is 2.90. The fourth-order valence-electron chi connectivity index (χ4n) is 1.60. The van der Waals surface area contributed by atoms with Crippen LogP contribution in [0, 0.1) is 11.3 Å². The van der Waals surface area contributed by atoms with Crippen LogP contribution in [-0.2, 0) is 4.79 Å². The van der Waals surface area contributed by atoms with Crippen molar-refractivity contribution in [2.75, 3.05) is 5.32 Å². The quantitative estimate of drug-likeness (QED) is 0.923. The van der Waals surface area contributed by atoms with Gasteiger partial charge < -0.3 is 5.32 Å². The number of nitrogens with one attached hydrogen (secondary N) is 1. The van der Waals surface area contributed by atoms with Gasteiger partial charge in [-0.05, 0) is 12.1 Å². The first-order valence-electron chi connectivity index (χ1n) is 5.52. The molecule has 0 aliphatic heterocycles. The highest BCUT2D eigenvalue weighted by Gasteiger charge is 2.13. The van der Waals surface area contributed by atoms with E-state index in [4.69, 9.17) is 28.5 Å². The zero-order chi connectivity index (χ0) is 14.7. The van der Waals surface area contributed by atoms with Crippen LogP contribution < -0.4 is 5.32 Å². The maximum Gasteiger partial charge on any atom is 0.221 e. The SMILES string of the molecule is CC(=O)Nc1cccc(-c2nc(Cl)c(C#N)nc2Cl)c1. The van der Waals surface area contributed by atoms with Crippen LogP contribution >= 0.6 is 23.2 Å². The van der Waals surface area contributed by atoms with Crippen LogP contribution in [0.2, 0.25) is 10.3 Å². The molecular formula is C13H8Cl2N4O. The zero-order valence-electron chi connectivity index (χ0n) is 10.3. The van der Waals surface area contributed by atoms with Crippen LogP contribution in [0.15, 0.2) is 24.3 Å². The molecule has 1 aromatic carbocycles. The summed E-state index contributed by atoms with van der Waals surface area (Å²) < 4.78 is 0. The van der Waals surface area contributed by atoms with Gasteiger partial charge in [0.2, 0.25) is 5.91 Å². The Hall–Kier alpha value is -2.16. The van der Waals surface area contributed by atoms with E-state index in [0.717, 1.165) is 0 Å². The van der Waals surface area contributed by atoms with Gasteiger partial charge >= 0.3 is 0 Å². The number of carbonyl (C=O) groups is 1. The summed E-state index contributed by atoms with van der Waals surface area (Å²) in [6.45, 7) is 1.41. The molecule has 7 heteroatoms. The summed E-state index contributed by atoms with van der Waals surface area (Å²) in [6, 6.07) is 8.73. The number of rotatable bonds is 2. The minimum atomic E-state index is -0.183. The number of nitriles is 1. The summed E-state index contributed by atoms with van der Waals surface area (Å²) in [5.74, 6) is -0.183. The van der Waals surface area contributed by atoms with E-state index in [2.05, 4.69) is 15.3 Å². The van der Waals surface area contributed by atoms with Crippen LogP contribution in [0.4, 0.5) is 5.69 Å². The smallest absolute Gasteiger partial charge is 0.221 e. The first-order valence-corrected chi connectivity index (χ1v) is 6.28. The minimum absolute atomic E-state index is 0.0168. The Bertz CT molecular complexity index is 725. The lowest BCUT2D eigenvalue weighted by molar-refractivity contribution is -0.114. The molecular weight excluding hydrogens is 299 g/mol. The van der Waals surface area contributed by atoms with Gasteiger partial charge in [0.15, 0.2) is 16.0 Å². The number of anilines is 1. The summed E-state index contributed by atoms with van der Waals surface area (Å²) in [6.07, 6.45) is 0. The van der Waals surface area contributed by atoms with Gasteiger partial charge in [0, 0.05) is 18.2 Å². The third kappa shape index (κ3) is 3.05. The number of amides is 1. The van der Waals surface area contributed by atoms with Crippen molar-refractivity contribution in [3.8, 4) is 17.3 Å². The summed E-state index contributed by atoms with van der Waals surface area (Å²) in [5.41, 5.74) is 1.56. The number of hydrogen-bond acceptors (Lipinski definition) is 4. The normalized spacial score (nSPS) is 9.90. The van der Waals surface area contributed by atoms with Crippen molar-refractivity contribution in [1.82, 2.24) is 9.97 Å². The summed E-state index contributed by atoms with van der Waals surface area (Å²) in [7, 11) is 0. The molecule has 0 saturated carbocycles. The lowest BCUT2D eigenvalue weighted by Crippen LogP contribution is -2.05. The third-order valence-electron chi connectivity index (χ3n) is 2.37. The summed E-state index contributed by atoms with van der Waals surface area (Å²) in [5, 5.41) is 11.5. The molecule has 0 aliphatic rings. The Morgan fingerprint density at radius 3 is 2.70 bits per heavy atom. The standard InChI is InChI=1S/C13H8Cl2N4O/c1-7(20)17-9-4-2-3-8(5-9)11-13(15)18-10(6-16)12(14)19-11/h2-5H,1H3,(H,17,20). The van der Waals surface area contributed by atoms with Crippen molar-refractivity contribution in [3.63, 3.8) is 0 Å². The Labute approximate surface area is 125 Å². The molecule has 1 heterocycles. The Kier molecular flexibility index (Phi) is 4.18. The van der Waals surface area contributed by atoms with E-state index < -0.39 is 0 Å². The van der Waals surface area contributed by atoms with Gasteiger partial charge in [-0.15, -0.1) is 0 Å². The molecule has 1 amide bonds. The number of benzene rings is 1. The monoisotopic (exact) mass is 306 g/mol. The Morgan fingerprint density at radius 1 is 1.30 bits per heavy atom.